The molecule has 1 aromatic carbocycles. The van der Waals surface area contributed by atoms with Gasteiger partial charge in [-0.25, -0.2) is 4.79 Å². The topological polar surface area (TPSA) is 54.0 Å². The third-order valence-electron chi connectivity index (χ3n) is 2.48. The number of carbonyl (C=O) groups is 1. The Hall–Kier alpha value is -1.75. The molecule has 0 N–H and O–H groups in total. The number of hydrogen-bond acceptors (Lipinski definition) is 5. The van der Waals surface area contributed by atoms with E-state index >= 15 is 0 Å². The van der Waals surface area contributed by atoms with Gasteiger partial charge in [-0.05, 0) is 24.6 Å². The summed E-state index contributed by atoms with van der Waals surface area (Å²) in [5, 5.41) is 0. The van der Waals surface area contributed by atoms with Crippen LogP contribution in [0.1, 0.15) is 29.6 Å². The van der Waals surface area contributed by atoms with Crippen molar-refractivity contribution in [3.05, 3.63) is 30.7 Å². The van der Waals surface area contributed by atoms with Gasteiger partial charge in [0.25, 0.3) is 0 Å². The standard InChI is InChI=1S/C14H19O5/c1-4-5-6-9-18-19-14(15)11-7-8-12(16-2)13(10-11)17-3/h7-8,10H,1,4-6,9H2,2-3H3. The van der Waals surface area contributed by atoms with Crippen molar-refractivity contribution in [2.24, 2.45) is 0 Å². The van der Waals surface area contributed by atoms with Gasteiger partial charge in [0.1, 0.15) is 0 Å². The number of ether oxygens (including phenoxy) is 2. The van der Waals surface area contributed by atoms with Gasteiger partial charge in [-0.15, -0.1) is 0 Å². The van der Waals surface area contributed by atoms with Gasteiger partial charge in [-0.1, -0.05) is 19.8 Å². The summed E-state index contributed by atoms with van der Waals surface area (Å²) < 4.78 is 10.2. The van der Waals surface area contributed by atoms with Gasteiger partial charge in [0.2, 0.25) is 0 Å². The second-order valence-corrected chi connectivity index (χ2v) is 3.82. The van der Waals surface area contributed by atoms with Crippen molar-refractivity contribution in [3.63, 3.8) is 0 Å². The van der Waals surface area contributed by atoms with E-state index in [9.17, 15) is 4.79 Å². The van der Waals surface area contributed by atoms with E-state index in [4.69, 9.17) is 19.2 Å². The monoisotopic (exact) mass is 267 g/mol. The van der Waals surface area contributed by atoms with Crippen LogP contribution in [0.5, 0.6) is 11.5 Å². The minimum atomic E-state index is -0.560. The Morgan fingerprint density at radius 1 is 1.16 bits per heavy atom. The van der Waals surface area contributed by atoms with Crippen molar-refractivity contribution in [2.45, 2.75) is 19.3 Å². The Morgan fingerprint density at radius 3 is 2.53 bits per heavy atom. The molecule has 0 heterocycles. The summed E-state index contributed by atoms with van der Waals surface area (Å²) in [5.74, 6) is 0.458. The zero-order valence-corrected chi connectivity index (χ0v) is 11.3. The molecule has 0 bridgehead atoms. The van der Waals surface area contributed by atoms with Gasteiger partial charge >= 0.3 is 5.97 Å². The van der Waals surface area contributed by atoms with E-state index in [1.54, 1.807) is 18.2 Å². The number of unbranched alkanes of at least 4 members (excludes halogenated alkanes) is 2. The fourth-order valence-electron chi connectivity index (χ4n) is 1.44. The molecule has 0 spiro atoms. The van der Waals surface area contributed by atoms with E-state index < -0.39 is 5.97 Å². The van der Waals surface area contributed by atoms with Crippen LogP contribution in [0.25, 0.3) is 0 Å². The summed E-state index contributed by atoms with van der Waals surface area (Å²) in [4.78, 5) is 21.2. The zero-order valence-electron chi connectivity index (χ0n) is 11.3. The van der Waals surface area contributed by atoms with Gasteiger partial charge in [0.15, 0.2) is 11.5 Å². The predicted molar refractivity (Wildman–Crippen MR) is 70.1 cm³/mol. The third-order valence-corrected chi connectivity index (χ3v) is 2.48. The largest absolute Gasteiger partial charge is 0.493 e. The van der Waals surface area contributed by atoms with Crippen LogP contribution < -0.4 is 9.47 Å². The zero-order chi connectivity index (χ0) is 14.1. The fraction of sp³-hybridized carbons (Fsp3) is 0.429. The smallest absolute Gasteiger partial charge is 0.373 e. The molecule has 0 aromatic heterocycles. The van der Waals surface area contributed by atoms with Crippen molar-refractivity contribution in [3.8, 4) is 11.5 Å². The molecule has 105 valence electrons. The molecule has 1 aromatic rings. The average Bonchev–Trinajstić information content (AvgIpc) is 2.46. The molecule has 5 nitrogen and oxygen atoms in total. The average molecular weight is 267 g/mol. The number of hydrogen-bond donors (Lipinski definition) is 0. The van der Waals surface area contributed by atoms with Crippen molar-refractivity contribution < 1.29 is 24.0 Å². The summed E-state index contributed by atoms with van der Waals surface area (Å²) >= 11 is 0. The van der Waals surface area contributed by atoms with Crippen molar-refractivity contribution >= 4 is 5.97 Å². The number of benzene rings is 1. The molecule has 0 saturated carbocycles. The van der Waals surface area contributed by atoms with E-state index in [1.807, 2.05) is 0 Å². The van der Waals surface area contributed by atoms with E-state index in [0.717, 1.165) is 19.3 Å². The van der Waals surface area contributed by atoms with Crippen LogP contribution in [0.4, 0.5) is 0 Å². The lowest BCUT2D eigenvalue weighted by atomic mass is 10.2. The highest BCUT2D eigenvalue weighted by Gasteiger charge is 2.12. The SMILES string of the molecule is [CH2]CCCCOOC(=O)c1ccc(OC)c(OC)c1. The molecule has 0 atom stereocenters. The molecule has 1 rings (SSSR count). The van der Waals surface area contributed by atoms with Crippen molar-refractivity contribution in [2.75, 3.05) is 20.8 Å². The quantitative estimate of drug-likeness (QED) is 0.412. The lowest BCUT2D eigenvalue weighted by molar-refractivity contribution is -0.241. The Balaban J connectivity index is 2.52. The van der Waals surface area contributed by atoms with Gasteiger partial charge in [0, 0.05) is 0 Å². The van der Waals surface area contributed by atoms with Crippen LogP contribution in [0.3, 0.4) is 0 Å². The predicted octanol–water partition coefficient (Wildman–Crippen LogP) is 2.80. The second-order valence-electron chi connectivity index (χ2n) is 3.82. The Labute approximate surface area is 113 Å². The van der Waals surface area contributed by atoms with Crippen LogP contribution in [0, 0.1) is 6.92 Å². The molecule has 0 aliphatic rings. The first-order valence-electron chi connectivity index (χ1n) is 6.08. The van der Waals surface area contributed by atoms with Crippen molar-refractivity contribution in [1.29, 1.82) is 0 Å². The fourth-order valence-corrected chi connectivity index (χ4v) is 1.44. The van der Waals surface area contributed by atoms with E-state index in [1.165, 1.54) is 14.2 Å². The lowest BCUT2D eigenvalue weighted by Crippen LogP contribution is -2.07. The summed E-state index contributed by atoms with van der Waals surface area (Å²) in [6, 6.07) is 4.77. The first-order chi connectivity index (χ1) is 9.22. The summed E-state index contributed by atoms with van der Waals surface area (Å²) in [7, 11) is 3.03. The molecule has 0 amide bonds. The summed E-state index contributed by atoms with van der Waals surface area (Å²) in [6.07, 6.45) is 2.59. The van der Waals surface area contributed by atoms with Crippen LogP contribution in [0.2, 0.25) is 0 Å². The van der Waals surface area contributed by atoms with Crippen LogP contribution in [0.15, 0.2) is 18.2 Å². The molecule has 0 saturated heterocycles. The van der Waals surface area contributed by atoms with E-state index in [-0.39, 0.29) is 0 Å². The number of carbonyl (C=O) groups excluding carboxylic acids is 1. The maximum absolute atomic E-state index is 11.7. The molecule has 0 aliphatic heterocycles. The third kappa shape index (κ3) is 4.79. The molecule has 1 radical (unpaired) electrons. The molecular formula is C14H19O5. The van der Waals surface area contributed by atoms with Gasteiger partial charge < -0.3 is 9.47 Å². The van der Waals surface area contributed by atoms with Gasteiger partial charge in [-0.3, -0.25) is 4.89 Å². The Kier molecular flexibility index (Phi) is 6.74. The minimum absolute atomic E-state index is 0.342. The first kappa shape index (κ1) is 15.3. The Morgan fingerprint density at radius 2 is 1.89 bits per heavy atom. The first-order valence-corrected chi connectivity index (χ1v) is 6.08. The Bertz CT molecular complexity index is 403. The number of rotatable bonds is 8. The summed E-state index contributed by atoms with van der Waals surface area (Å²) in [6.45, 7) is 4.08. The van der Waals surface area contributed by atoms with Gasteiger partial charge in [0.05, 0.1) is 26.4 Å². The van der Waals surface area contributed by atoms with E-state index in [2.05, 4.69) is 6.92 Å². The minimum Gasteiger partial charge on any atom is -0.493 e. The normalized spacial score (nSPS) is 10.1. The molecule has 19 heavy (non-hydrogen) atoms. The van der Waals surface area contributed by atoms with Crippen LogP contribution >= 0.6 is 0 Å². The van der Waals surface area contributed by atoms with Crippen LogP contribution in [-0.4, -0.2) is 26.8 Å². The highest BCUT2D eigenvalue weighted by molar-refractivity contribution is 5.89. The highest BCUT2D eigenvalue weighted by atomic mass is 17.2. The summed E-state index contributed by atoms with van der Waals surface area (Å²) in [5.41, 5.74) is 0.342. The van der Waals surface area contributed by atoms with E-state index in [0.29, 0.717) is 23.7 Å². The molecule has 0 aliphatic carbocycles. The maximum Gasteiger partial charge on any atom is 0.373 e. The molecule has 0 fully saturated rings. The lowest BCUT2D eigenvalue weighted by Gasteiger charge is -2.08. The molecule has 0 unspecified atom stereocenters. The number of methoxy groups -OCH3 is 2. The maximum atomic E-state index is 11.7. The highest BCUT2D eigenvalue weighted by Crippen LogP contribution is 2.27. The van der Waals surface area contributed by atoms with Crippen molar-refractivity contribution in [1.82, 2.24) is 0 Å². The van der Waals surface area contributed by atoms with Crippen LogP contribution in [-0.2, 0) is 9.78 Å². The molecular weight excluding hydrogens is 248 g/mol. The van der Waals surface area contributed by atoms with Gasteiger partial charge in [-0.2, -0.15) is 4.89 Å². The second kappa shape index (κ2) is 8.37. The molecule has 5 heteroatoms.